The van der Waals surface area contributed by atoms with Crippen LogP contribution in [0.1, 0.15) is 11.7 Å². The first-order valence-electron chi connectivity index (χ1n) is 4.63. The van der Waals surface area contributed by atoms with Crippen molar-refractivity contribution < 1.29 is 8.91 Å². The molecule has 0 unspecified atom stereocenters. The maximum Gasteiger partial charge on any atom is 0.223 e. The number of aromatic nitrogens is 2. The maximum atomic E-state index is 13.3. The molecule has 0 aliphatic rings. The Morgan fingerprint density at radius 2 is 2.31 bits per heavy atom. The molecule has 0 amide bonds. The van der Waals surface area contributed by atoms with Gasteiger partial charge in [-0.3, -0.25) is 0 Å². The molecule has 0 saturated heterocycles. The molecule has 1 aromatic carbocycles. The molecule has 0 fully saturated rings. The van der Waals surface area contributed by atoms with Crippen molar-refractivity contribution in [1.82, 2.24) is 10.1 Å². The third kappa shape index (κ3) is 2.49. The molecule has 1 N–H and O–H groups in total. The molecule has 0 bridgehead atoms. The molecule has 6 heteroatoms. The number of nitrogens with one attached hydrogen (secondary N) is 1. The summed E-state index contributed by atoms with van der Waals surface area (Å²) in [6.45, 7) is 2.00. The predicted molar refractivity (Wildman–Crippen MR) is 57.8 cm³/mol. The highest BCUT2D eigenvalue weighted by atomic mass is 35.5. The molecule has 84 valence electrons. The molecular weight excluding hydrogens is 233 g/mol. The second-order valence-corrected chi connectivity index (χ2v) is 3.64. The molecule has 2 rings (SSSR count). The van der Waals surface area contributed by atoms with Gasteiger partial charge in [0.1, 0.15) is 5.82 Å². The minimum atomic E-state index is -0.410. The van der Waals surface area contributed by atoms with Crippen LogP contribution in [-0.4, -0.2) is 10.1 Å². The number of aryl methyl sites for hydroxylation is 1. The Bertz CT molecular complexity index is 501. The average Bonchev–Trinajstić information content (AvgIpc) is 2.63. The van der Waals surface area contributed by atoms with E-state index in [1.165, 1.54) is 6.07 Å². The van der Waals surface area contributed by atoms with Crippen LogP contribution in [0.2, 0.25) is 5.02 Å². The first-order chi connectivity index (χ1) is 7.65. The molecule has 0 spiro atoms. The molecular formula is C10H9ClFN3O. The first-order valence-corrected chi connectivity index (χ1v) is 5.01. The van der Waals surface area contributed by atoms with Crippen LogP contribution in [0.15, 0.2) is 22.7 Å². The second-order valence-electron chi connectivity index (χ2n) is 3.21. The Hall–Kier alpha value is -1.62. The monoisotopic (exact) mass is 241 g/mol. The molecule has 0 saturated carbocycles. The average molecular weight is 242 g/mol. The number of anilines is 1. The summed E-state index contributed by atoms with van der Waals surface area (Å²) in [5, 5.41) is 6.89. The molecule has 16 heavy (non-hydrogen) atoms. The summed E-state index contributed by atoms with van der Waals surface area (Å²) in [5.74, 6) is 0.549. The van der Waals surface area contributed by atoms with E-state index < -0.39 is 5.82 Å². The van der Waals surface area contributed by atoms with E-state index in [1.807, 2.05) is 0 Å². The summed E-state index contributed by atoms with van der Waals surface area (Å²) in [7, 11) is 0. The van der Waals surface area contributed by atoms with E-state index in [4.69, 9.17) is 16.1 Å². The maximum absolute atomic E-state index is 13.3. The van der Waals surface area contributed by atoms with Gasteiger partial charge in [0.15, 0.2) is 5.82 Å². The zero-order valence-corrected chi connectivity index (χ0v) is 9.25. The normalized spacial score (nSPS) is 10.4. The number of rotatable bonds is 3. The number of benzene rings is 1. The first kappa shape index (κ1) is 10.9. The van der Waals surface area contributed by atoms with Gasteiger partial charge in [-0.05, 0) is 18.2 Å². The Kier molecular flexibility index (Phi) is 3.05. The molecule has 4 nitrogen and oxygen atoms in total. The van der Waals surface area contributed by atoms with Gasteiger partial charge in [0.25, 0.3) is 0 Å². The van der Waals surface area contributed by atoms with Gasteiger partial charge in [0.2, 0.25) is 5.89 Å². The Labute approximate surface area is 96.4 Å². The van der Waals surface area contributed by atoms with Gasteiger partial charge < -0.3 is 9.84 Å². The summed E-state index contributed by atoms with van der Waals surface area (Å²) in [5.41, 5.74) is 0.354. The zero-order chi connectivity index (χ0) is 11.5. The Morgan fingerprint density at radius 1 is 1.50 bits per heavy atom. The van der Waals surface area contributed by atoms with Gasteiger partial charge in [-0.15, -0.1) is 0 Å². The van der Waals surface area contributed by atoms with Crippen LogP contribution in [0.25, 0.3) is 0 Å². The third-order valence-electron chi connectivity index (χ3n) is 1.94. The molecule has 0 atom stereocenters. The van der Waals surface area contributed by atoms with Crippen molar-refractivity contribution in [2.45, 2.75) is 13.5 Å². The van der Waals surface area contributed by atoms with Crippen LogP contribution < -0.4 is 5.32 Å². The van der Waals surface area contributed by atoms with Crippen molar-refractivity contribution in [2.24, 2.45) is 0 Å². The van der Waals surface area contributed by atoms with Crippen LogP contribution in [-0.2, 0) is 6.54 Å². The number of halogens is 2. The lowest BCUT2D eigenvalue weighted by molar-refractivity contribution is 0.388. The van der Waals surface area contributed by atoms with Gasteiger partial charge in [-0.1, -0.05) is 16.8 Å². The van der Waals surface area contributed by atoms with Gasteiger partial charge in [-0.25, -0.2) is 4.39 Å². The fourth-order valence-corrected chi connectivity index (χ4v) is 1.38. The van der Waals surface area contributed by atoms with Gasteiger partial charge in [0.05, 0.1) is 12.2 Å². The smallest absolute Gasteiger partial charge is 0.223 e. The Balaban J connectivity index is 2.04. The van der Waals surface area contributed by atoms with E-state index in [1.54, 1.807) is 19.1 Å². The number of hydrogen-bond donors (Lipinski definition) is 1. The standard InChI is InChI=1S/C10H9ClFN3O/c1-6-14-10(15-16-6)5-13-9-3-2-7(11)4-8(9)12/h2-4,13H,5H2,1H3. The minimum absolute atomic E-state index is 0.301. The summed E-state index contributed by atoms with van der Waals surface area (Å²) in [6.07, 6.45) is 0. The quantitative estimate of drug-likeness (QED) is 0.898. The molecule has 0 aliphatic heterocycles. The van der Waals surface area contributed by atoms with Crippen molar-refractivity contribution in [2.75, 3.05) is 5.32 Å². The lowest BCUT2D eigenvalue weighted by atomic mass is 10.3. The summed E-state index contributed by atoms with van der Waals surface area (Å²) in [6, 6.07) is 4.41. The minimum Gasteiger partial charge on any atom is -0.375 e. The van der Waals surface area contributed by atoms with Crippen LogP contribution in [0.5, 0.6) is 0 Å². The molecule has 2 aromatic rings. The van der Waals surface area contributed by atoms with Gasteiger partial charge in [-0.2, -0.15) is 4.98 Å². The van der Waals surface area contributed by atoms with Crippen LogP contribution in [0.3, 0.4) is 0 Å². The SMILES string of the molecule is Cc1nc(CNc2ccc(Cl)cc2F)no1. The molecule has 1 aromatic heterocycles. The highest BCUT2D eigenvalue weighted by Gasteiger charge is 2.05. The van der Waals surface area contributed by atoms with E-state index in [-0.39, 0.29) is 0 Å². The highest BCUT2D eigenvalue weighted by Crippen LogP contribution is 2.19. The van der Waals surface area contributed by atoms with E-state index in [9.17, 15) is 4.39 Å². The van der Waals surface area contributed by atoms with Gasteiger partial charge in [0, 0.05) is 11.9 Å². The van der Waals surface area contributed by atoms with Gasteiger partial charge >= 0.3 is 0 Å². The molecule has 0 radical (unpaired) electrons. The van der Waals surface area contributed by atoms with Crippen LogP contribution >= 0.6 is 11.6 Å². The topological polar surface area (TPSA) is 51.0 Å². The van der Waals surface area contributed by atoms with E-state index in [0.29, 0.717) is 29.0 Å². The van der Waals surface area contributed by atoms with Crippen molar-refractivity contribution in [3.63, 3.8) is 0 Å². The largest absolute Gasteiger partial charge is 0.375 e. The predicted octanol–water partition coefficient (Wildman–Crippen LogP) is 2.78. The van der Waals surface area contributed by atoms with Crippen LogP contribution in [0.4, 0.5) is 10.1 Å². The molecule has 0 aliphatic carbocycles. The Morgan fingerprint density at radius 3 is 2.94 bits per heavy atom. The van der Waals surface area contributed by atoms with Crippen LogP contribution in [0, 0.1) is 12.7 Å². The second kappa shape index (κ2) is 4.49. The zero-order valence-electron chi connectivity index (χ0n) is 8.50. The lowest BCUT2D eigenvalue weighted by Gasteiger charge is -2.04. The van der Waals surface area contributed by atoms with Crippen molar-refractivity contribution in [3.8, 4) is 0 Å². The fourth-order valence-electron chi connectivity index (χ4n) is 1.22. The summed E-state index contributed by atoms with van der Waals surface area (Å²) < 4.78 is 18.1. The summed E-state index contributed by atoms with van der Waals surface area (Å²) >= 11 is 5.63. The fraction of sp³-hybridized carbons (Fsp3) is 0.200. The number of nitrogens with zero attached hydrogens (tertiary/aromatic N) is 2. The third-order valence-corrected chi connectivity index (χ3v) is 2.17. The van der Waals surface area contributed by atoms with Crippen molar-refractivity contribution >= 4 is 17.3 Å². The van der Waals surface area contributed by atoms with Crippen molar-refractivity contribution in [3.05, 3.63) is 40.8 Å². The van der Waals surface area contributed by atoms with E-state index >= 15 is 0 Å². The van der Waals surface area contributed by atoms with E-state index in [2.05, 4.69) is 15.5 Å². The summed E-state index contributed by atoms with van der Waals surface area (Å²) in [4.78, 5) is 3.98. The highest BCUT2D eigenvalue weighted by molar-refractivity contribution is 6.30. The number of hydrogen-bond acceptors (Lipinski definition) is 4. The van der Waals surface area contributed by atoms with E-state index in [0.717, 1.165) is 0 Å². The lowest BCUT2D eigenvalue weighted by Crippen LogP contribution is -2.02. The van der Waals surface area contributed by atoms with Crippen molar-refractivity contribution in [1.29, 1.82) is 0 Å². The molecule has 1 heterocycles.